The molecule has 114 valence electrons. The van der Waals surface area contributed by atoms with Crippen molar-refractivity contribution in [2.45, 2.75) is 52.2 Å². The van der Waals surface area contributed by atoms with E-state index in [1.807, 2.05) is 33.8 Å². The van der Waals surface area contributed by atoms with Crippen molar-refractivity contribution in [3.05, 3.63) is 24.2 Å². The van der Waals surface area contributed by atoms with Crippen molar-refractivity contribution in [2.75, 3.05) is 0 Å². The van der Waals surface area contributed by atoms with Crippen LogP contribution >= 0.6 is 0 Å². The molecule has 1 atom stereocenters. The molecule has 2 heterocycles. The van der Waals surface area contributed by atoms with Crippen molar-refractivity contribution >= 4 is 17.3 Å². The smallest absolute Gasteiger partial charge is 0.407 e. The maximum absolute atomic E-state index is 11.8. The number of hydrogen-bond donors (Lipinski definition) is 1. The molecule has 1 N–H and O–H groups in total. The highest BCUT2D eigenvalue weighted by molar-refractivity contribution is 5.68. The fourth-order valence-corrected chi connectivity index (χ4v) is 1.88. The van der Waals surface area contributed by atoms with Crippen LogP contribution in [0.15, 0.2) is 22.7 Å². The van der Waals surface area contributed by atoms with Gasteiger partial charge in [-0.3, -0.25) is 0 Å². The lowest BCUT2D eigenvalue weighted by molar-refractivity contribution is 0.0501. The Morgan fingerprint density at radius 3 is 2.86 bits per heavy atom. The molecular weight excluding hydrogens is 270 g/mol. The van der Waals surface area contributed by atoms with Gasteiger partial charge >= 0.3 is 6.09 Å². The molecule has 0 aromatic carbocycles. The Labute approximate surface area is 123 Å². The lowest BCUT2D eigenvalue weighted by atomic mass is 10.1. The largest absolute Gasteiger partial charge is 0.444 e. The average Bonchev–Trinajstić information content (AvgIpc) is 2.77. The third-order valence-electron chi connectivity index (χ3n) is 2.84. The Morgan fingerprint density at radius 2 is 2.24 bits per heavy atom. The van der Waals surface area contributed by atoms with E-state index in [0.29, 0.717) is 23.5 Å². The number of nitrogens with one attached hydrogen (secondary N) is 1. The molecule has 0 aliphatic heterocycles. The van der Waals surface area contributed by atoms with Crippen molar-refractivity contribution in [3.8, 4) is 0 Å². The molecule has 6 heteroatoms. The van der Waals surface area contributed by atoms with Gasteiger partial charge in [0.1, 0.15) is 5.60 Å². The summed E-state index contributed by atoms with van der Waals surface area (Å²) < 4.78 is 10.9. The quantitative estimate of drug-likeness (QED) is 0.936. The normalized spacial score (nSPS) is 13.1. The first-order valence-corrected chi connectivity index (χ1v) is 7.07. The van der Waals surface area contributed by atoms with Gasteiger partial charge in [-0.1, -0.05) is 6.92 Å². The summed E-state index contributed by atoms with van der Waals surface area (Å²) in [6.45, 7) is 7.49. The Balaban J connectivity index is 2.00. The van der Waals surface area contributed by atoms with E-state index in [1.54, 1.807) is 12.3 Å². The first-order valence-electron chi connectivity index (χ1n) is 7.07. The topological polar surface area (TPSA) is 77.3 Å². The van der Waals surface area contributed by atoms with Gasteiger partial charge < -0.3 is 14.5 Å². The van der Waals surface area contributed by atoms with E-state index in [0.717, 1.165) is 6.42 Å². The summed E-state index contributed by atoms with van der Waals surface area (Å²) in [7, 11) is 0. The summed E-state index contributed by atoms with van der Waals surface area (Å²) in [5.74, 6) is 0.562. The predicted octanol–water partition coefficient (Wildman–Crippen LogP) is 3.07. The molecule has 0 saturated heterocycles. The Hall–Kier alpha value is -2.11. The van der Waals surface area contributed by atoms with Crippen LogP contribution in [0.5, 0.6) is 0 Å². The van der Waals surface area contributed by atoms with Gasteiger partial charge in [-0.2, -0.15) is 4.98 Å². The molecule has 6 nitrogen and oxygen atoms in total. The first-order chi connectivity index (χ1) is 9.87. The number of carbonyl (C=O) groups excluding carboxylic acids is 1. The molecule has 0 aliphatic rings. The molecule has 21 heavy (non-hydrogen) atoms. The van der Waals surface area contributed by atoms with Gasteiger partial charge in [0.15, 0.2) is 17.1 Å². The Morgan fingerprint density at radius 1 is 1.48 bits per heavy atom. The summed E-state index contributed by atoms with van der Waals surface area (Å²) >= 11 is 0. The maximum atomic E-state index is 11.8. The van der Waals surface area contributed by atoms with E-state index >= 15 is 0 Å². The van der Waals surface area contributed by atoms with E-state index in [2.05, 4.69) is 15.3 Å². The van der Waals surface area contributed by atoms with Crippen molar-refractivity contribution in [1.29, 1.82) is 0 Å². The van der Waals surface area contributed by atoms with E-state index in [1.165, 1.54) is 0 Å². The van der Waals surface area contributed by atoms with Gasteiger partial charge in [0.2, 0.25) is 0 Å². The zero-order valence-electron chi connectivity index (χ0n) is 12.8. The van der Waals surface area contributed by atoms with Crippen molar-refractivity contribution in [1.82, 2.24) is 15.3 Å². The predicted molar refractivity (Wildman–Crippen MR) is 79.0 cm³/mol. The van der Waals surface area contributed by atoms with Gasteiger partial charge in [-0.25, -0.2) is 9.78 Å². The number of oxazole rings is 1. The Kier molecular flexibility index (Phi) is 4.45. The lowest BCUT2D eigenvalue weighted by Gasteiger charge is -2.22. The molecule has 0 bridgehead atoms. The van der Waals surface area contributed by atoms with Crippen LogP contribution in [0.2, 0.25) is 0 Å². The van der Waals surface area contributed by atoms with E-state index in [4.69, 9.17) is 9.15 Å². The molecule has 0 aliphatic carbocycles. The zero-order valence-corrected chi connectivity index (χ0v) is 12.8. The fourth-order valence-electron chi connectivity index (χ4n) is 1.88. The van der Waals surface area contributed by atoms with Gasteiger partial charge in [0.25, 0.3) is 0 Å². The standard InChI is InChI=1S/C15H21N3O3/c1-5-10(17-14(19)21-15(2,3)4)9-12-18-13-11(20-12)7-6-8-16-13/h6-8,10H,5,9H2,1-4H3,(H,17,19)/t10-/m0/s1. The second-order valence-corrected chi connectivity index (χ2v) is 5.89. The van der Waals surface area contributed by atoms with Crippen LogP contribution in [0, 0.1) is 0 Å². The number of hydrogen-bond acceptors (Lipinski definition) is 5. The van der Waals surface area contributed by atoms with Crippen LogP contribution in [0.25, 0.3) is 11.2 Å². The number of fused-ring (bicyclic) bond motifs is 1. The summed E-state index contributed by atoms with van der Waals surface area (Å²) in [5, 5.41) is 2.83. The van der Waals surface area contributed by atoms with Crippen LogP contribution < -0.4 is 5.32 Å². The Bertz CT molecular complexity index is 583. The van der Waals surface area contributed by atoms with Gasteiger partial charge in [0.05, 0.1) is 0 Å². The summed E-state index contributed by atoms with van der Waals surface area (Å²) in [4.78, 5) is 20.2. The fraction of sp³-hybridized carbons (Fsp3) is 0.533. The van der Waals surface area contributed by atoms with Crippen LogP contribution in [0.1, 0.15) is 40.0 Å². The minimum Gasteiger partial charge on any atom is -0.444 e. The number of amides is 1. The minimum atomic E-state index is -0.510. The maximum Gasteiger partial charge on any atom is 0.407 e. The molecule has 2 rings (SSSR count). The molecule has 1 amide bonds. The summed E-state index contributed by atoms with van der Waals surface area (Å²) in [5.41, 5.74) is 0.725. The van der Waals surface area contributed by atoms with Crippen molar-refractivity contribution < 1.29 is 13.9 Å². The highest BCUT2D eigenvalue weighted by atomic mass is 16.6. The minimum absolute atomic E-state index is 0.0899. The van der Waals surface area contributed by atoms with Crippen LogP contribution in [-0.4, -0.2) is 27.7 Å². The van der Waals surface area contributed by atoms with Crippen molar-refractivity contribution in [2.24, 2.45) is 0 Å². The molecule has 2 aromatic heterocycles. The molecule has 0 fully saturated rings. The monoisotopic (exact) mass is 291 g/mol. The van der Waals surface area contributed by atoms with Crippen LogP contribution in [0.3, 0.4) is 0 Å². The molecule has 0 unspecified atom stereocenters. The lowest BCUT2D eigenvalue weighted by Crippen LogP contribution is -2.39. The van der Waals surface area contributed by atoms with Gasteiger partial charge in [-0.15, -0.1) is 0 Å². The molecule has 0 radical (unpaired) electrons. The highest BCUT2D eigenvalue weighted by Gasteiger charge is 2.20. The van der Waals surface area contributed by atoms with Crippen molar-refractivity contribution in [3.63, 3.8) is 0 Å². The third kappa shape index (κ3) is 4.44. The number of ether oxygens (including phenoxy) is 1. The van der Waals surface area contributed by atoms with Gasteiger partial charge in [0, 0.05) is 18.7 Å². The van der Waals surface area contributed by atoms with E-state index < -0.39 is 11.7 Å². The highest BCUT2D eigenvalue weighted by Crippen LogP contribution is 2.15. The third-order valence-corrected chi connectivity index (χ3v) is 2.84. The number of alkyl carbamates (subject to hydrolysis) is 1. The number of rotatable bonds is 4. The van der Waals surface area contributed by atoms with E-state index in [-0.39, 0.29) is 6.04 Å². The number of aromatic nitrogens is 2. The van der Waals surface area contributed by atoms with Crippen LogP contribution in [-0.2, 0) is 11.2 Å². The number of carbonyl (C=O) groups is 1. The summed E-state index contributed by atoms with van der Waals surface area (Å²) in [6, 6.07) is 3.53. The molecule has 0 spiro atoms. The van der Waals surface area contributed by atoms with E-state index in [9.17, 15) is 4.79 Å². The second kappa shape index (κ2) is 6.11. The number of pyridine rings is 1. The first kappa shape index (κ1) is 15.3. The summed E-state index contributed by atoms with van der Waals surface area (Å²) in [6.07, 6.45) is 2.51. The molecule has 0 saturated carbocycles. The second-order valence-electron chi connectivity index (χ2n) is 5.89. The molecule has 2 aromatic rings. The van der Waals surface area contributed by atoms with Gasteiger partial charge in [-0.05, 0) is 39.3 Å². The molecular formula is C15H21N3O3. The number of nitrogens with zero attached hydrogens (tertiary/aromatic N) is 2. The SMILES string of the molecule is CC[C@@H](Cc1nc2ncccc2o1)NC(=O)OC(C)(C)C. The van der Waals surface area contributed by atoms with Crippen LogP contribution in [0.4, 0.5) is 4.79 Å². The zero-order chi connectivity index (χ0) is 15.5. The average molecular weight is 291 g/mol.